The van der Waals surface area contributed by atoms with Crippen LogP contribution in [0.4, 0.5) is 31.8 Å². The number of fused-ring (bicyclic) bond motifs is 6. The topological polar surface area (TPSA) is 449 Å². The number of anilines is 3. The van der Waals surface area contributed by atoms with Crippen molar-refractivity contribution in [1.29, 1.82) is 0 Å². The van der Waals surface area contributed by atoms with Crippen molar-refractivity contribution in [3.8, 4) is 0 Å². The number of aliphatic carboxylic acids is 3. The van der Waals surface area contributed by atoms with Gasteiger partial charge in [-0.3, -0.25) is 44.0 Å². The molecule has 6 amide bonds. The van der Waals surface area contributed by atoms with Crippen LogP contribution in [-0.4, -0.2) is 191 Å². The van der Waals surface area contributed by atoms with Gasteiger partial charge in [-0.25, -0.2) is 59.2 Å². The number of hydrogen-bond acceptors (Lipinski definition) is 24. The Bertz CT molecular complexity index is 4520. The van der Waals surface area contributed by atoms with Crippen LogP contribution in [0.2, 0.25) is 0 Å². The van der Waals surface area contributed by atoms with E-state index in [1.165, 1.54) is 31.6 Å². The summed E-state index contributed by atoms with van der Waals surface area (Å²) in [5, 5.41) is 43.7. The molecule has 0 aliphatic carbocycles. The number of urea groups is 3. The van der Waals surface area contributed by atoms with Gasteiger partial charge in [0, 0.05) is 37.2 Å². The molecule has 6 aliphatic heterocycles. The first kappa shape index (κ1) is 70.4. The maximum absolute atomic E-state index is 12.0. The van der Waals surface area contributed by atoms with Gasteiger partial charge in [-0.05, 0) is 45.3 Å². The quantitative estimate of drug-likeness (QED) is 0.0366. The normalized spacial score (nSPS) is 25.8. The number of carboxylic acids is 3. The molecule has 0 radical (unpaired) electrons. The lowest BCUT2D eigenvalue weighted by molar-refractivity contribution is -0.158. The molecule has 0 spiro atoms. The first-order chi connectivity index (χ1) is 50.1. The zero-order valence-electron chi connectivity index (χ0n) is 55.4. The second-order valence-corrected chi connectivity index (χ2v) is 24.0. The molecule has 12 unspecified atom stereocenters. The highest BCUT2D eigenvalue weighted by Gasteiger charge is 2.57. The van der Waals surface area contributed by atoms with E-state index in [1.54, 1.807) is 40.0 Å². The van der Waals surface area contributed by atoms with Gasteiger partial charge in [0.05, 0.1) is 50.1 Å². The summed E-state index contributed by atoms with van der Waals surface area (Å²) in [4.78, 5) is 108. The maximum Gasteiger partial charge on any atom is 0.320 e. The van der Waals surface area contributed by atoms with Gasteiger partial charge in [-0.1, -0.05) is 97.1 Å². The number of imidazole rings is 3. The van der Waals surface area contributed by atoms with Crippen LogP contribution in [0, 0.1) is 0 Å². The summed E-state index contributed by atoms with van der Waals surface area (Å²) in [6, 6.07) is 27.5. The first-order valence-corrected chi connectivity index (χ1v) is 33.2. The number of nitrogens with zero attached hydrogens (tertiary/aromatic N) is 12. The van der Waals surface area contributed by atoms with Crippen LogP contribution in [0.1, 0.15) is 101 Å². The Hall–Kier alpha value is -11.1. The number of hydrogen-bond donors (Lipinski definition) is 9. The molecule has 6 aliphatic rings. The van der Waals surface area contributed by atoms with E-state index in [4.69, 9.17) is 47.7 Å². The fourth-order valence-electron chi connectivity index (χ4n) is 12.8. The van der Waals surface area contributed by atoms with Gasteiger partial charge in [-0.15, -0.1) is 0 Å². The van der Waals surface area contributed by atoms with Crippen LogP contribution in [0.5, 0.6) is 0 Å². The molecule has 6 saturated heterocycles. The van der Waals surface area contributed by atoms with Crippen molar-refractivity contribution in [1.82, 2.24) is 74.5 Å². The maximum atomic E-state index is 12.0. The van der Waals surface area contributed by atoms with E-state index >= 15 is 0 Å². The third-order valence-corrected chi connectivity index (χ3v) is 17.2. The molecule has 36 heteroatoms. The molecule has 6 aromatic heterocycles. The highest BCUT2D eigenvalue weighted by atomic mass is 16.8. The second kappa shape index (κ2) is 31.8. The lowest BCUT2D eigenvalue weighted by Crippen LogP contribution is -2.30. The molecule has 9 aromatic rings. The molecule has 12 heterocycles. The molecule has 9 N–H and O–H groups in total. The Kier molecular flexibility index (Phi) is 21.8. The molecular formula is C67H72N18O18. The number of amides is 6. The summed E-state index contributed by atoms with van der Waals surface area (Å²) in [7, 11) is 0. The number of carbonyl (C=O) groups excluding carboxylic acids is 3. The molecule has 15 rings (SSSR count). The molecule has 3 aromatic carbocycles. The van der Waals surface area contributed by atoms with Crippen LogP contribution < -0.4 is 31.9 Å². The van der Waals surface area contributed by atoms with E-state index in [0.29, 0.717) is 66.0 Å². The summed E-state index contributed by atoms with van der Waals surface area (Å²) >= 11 is 0. The average Bonchev–Trinajstić information content (AvgIpc) is 1.61. The first-order valence-electron chi connectivity index (χ1n) is 33.2. The Morgan fingerprint density at radius 3 is 1.18 bits per heavy atom. The van der Waals surface area contributed by atoms with Gasteiger partial charge in [0.1, 0.15) is 55.6 Å². The highest BCUT2D eigenvalue weighted by Crippen LogP contribution is 2.48. The molecule has 0 bridgehead atoms. The van der Waals surface area contributed by atoms with Crippen LogP contribution in [0.15, 0.2) is 135 Å². The number of nitrogens with one attached hydrogen (secondary N) is 6. The Balaban J connectivity index is 0.000000138. The minimum Gasteiger partial charge on any atom is -0.481 e. The monoisotopic (exact) mass is 1420 g/mol. The van der Waals surface area contributed by atoms with Crippen LogP contribution in [0.25, 0.3) is 39.6 Å². The molecule has 103 heavy (non-hydrogen) atoms. The predicted octanol–water partition coefficient (Wildman–Crippen LogP) is 6.59. The summed E-state index contributed by atoms with van der Waals surface area (Å²) < 4.78 is 60.5. The molecule has 538 valence electrons. The van der Waals surface area contributed by atoms with Gasteiger partial charge >= 0.3 is 36.0 Å². The Morgan fingerprint density at radius 2 is 0.786 bits per heavy atom. The molecule has 15 atom stereocenters. The Morgan fingerprint density at radius 1 is 0.427 bits per heavy atom. The number of carbonyl (C=O) groups is 6. The van der Waals surface area contributed by atoms with Crippen LogP contribution in [-0.2, 0) is 57.0 Å². The SMILES string of the molecule is CCNC(=O)Nc1ncnc2c1ncn2C1OC(CC(=O)O)C2O[C@H](/C=C/c3ccccc3)OC21.CCNC(=O)Nc1ncnc2c1ncn2C1OC(CC(=O)O)C2O[C@H](c3ccccc3)OC21.CCNC(=O)Nc1ncnc2c1ncn2C1OC(CCCC(=O)O)C2O[C@H](c3ccccc3)OC21. The summed E-state index contributed by atoms with van der Waals surface area (Å²) in [5.74, 6) is -2.11. The lowest BCUT2D eigenvalue weighted by atomic mass is 10.0. The summed E-state index contributed by atoms with van der Waals surface area (Å²) in [6.07, 6.45) is 3.65. The van der Waals surface area contributed by atoms with Gasteiger partial charge in [0.25, 0.3) is 0 Å². The van der Waals surface area contributed by atoms with E-state index in [0.717, 1.165) is 16.7 Å². The van der Waals surface area contributed by atoms with Crippen molar-refractivity contribution < 1.29 is 86.7 Å². The number of aromatic nitrogens is 12. The van der Waals surface area contributed by atoms with Crippen molar-refractivity contribution >= 4 is 93.0 Å². The minimum absolute atomic E-state index is 0.0426. The third-order valence-electron chi connectivity index (χ3n) is 17.2. The van der Waals surface area contributed by atoms with Gasteiger partial charge in [-0.2, -0.15) is 0 Å². The van der Waals surface area contributed by atoms with Crippen molar-refractivity contribution in [3.63, 3.8) is 0 Å². The minimum atomic E-state index is -1.01. The van der Waals surface area contributed by atoms with Crippen molar-refractivity contribution in [3.05, 3.63) is 152 Å². The largest absolute Gasteiger partial charge is 0.481 e. The fourth-order valence-corrected chi connectivity index (χ4v) is 12.8. The zero-order valence-corrected chi connectivity index (χ0v) is 55.4. The second-order valence-electron chi connectivity index (χ2n) is 24.0. The van der Waals surface area contributed by atoms with Crippen LogP contribution >= 0.6 is 0 Å². The summed E-state index contributed by atoms with van der Waals surface area (Å²) in [6.45, 7) is 6.80. The van der Waals surface area contributed by atoms with Gasteiger partial charge in [0.2, 0.25) is 0 Å². The fraction of sp³-hybridized carbons (Fsp3) is 0.388. The summed E-state index contributed by atoms with van der Waals surface area (Å²) in [5.41, 5.74) is 5.10. The zero-order chi connectivity index (χ0) is 71.7. The molecular weight excluding hydrogens is 1340 g/mol. The van der Waals surface area contributed by atoms with Gasteiger partial charge in [0.15, 0.2) is 88.5 Å². The van der Waals surface area contributed by atoms with Crippen LogP contribution in [0.3, 0.4) is 0 Å². The molecule has 36 nitrogen and oxygen atoms in total. The van der Waals surface area contributed by atoms with Crippen molar-refractivity contribution in [2.75, 3.05) is 35.6 Å². The van der Waals surface area contributed by atoms with E-state index in [1.807, 2.05) is 104 Å². The van der Waals surface area contributed by atoms with Gasteiger partial charge < -0.3 is 73.9 Å². The Labute approximate surface area is 584 Å². The number of rotatable bonds is 21. The number of ether oxygens (including phenoxy) is 9. The smallest absolute Gasteiger partial charge is 0.320 e. The van der Waals surface area contributed by atoms with E-state index in [9.17, 15) is 39.0 Å². The standard InChI is InChI=1S/C23H26N6O6.C23H24N6O6.C21H22N6O6/c1-2-24-23(32)28-19-16-20(26-11-25-19)29(12-27-16)21-18-17(14(33-21)9-6-10-15(30)31)34-22(35-18)13-7-4-3-5-8-13;1-2-24-23(32)28-20-17-21(26-11-25-20)29(12-27-17)22-19-18(14(33-22)10-15(30)31)34-16(35-19)9-8-13-6-4-3-5-7-13;1-2-22-21(30)26-17-14-18(24-9-23-17)27(10-25-14)19-16-15(12(31-19)8-13(28)29)32-20(33-16)11-6-4-3-5-7-11/h3-5,7-8,11-12,14,17-18,21-22H,2,6,9-10H2,1H3,(H,30,31)(H2,24,25,26,28,32);3-9,11-12,14,16,18-19,22H,2,10H2,1H3,(H,30,31)(H2,24,25,26,28,32);3-7,9-10,12,15-16,19-20H,2,8H2,1H3,(H,28,29)(H2,22,23,24,26,30)/b;9-8+;/t14?,17?,18?,21?,22-;14?,16-,18?,19?,22?;12?,15?,16?,19?,20-/m000/s1. The highest BCUT2D eigenvalue weighted by molar-refractivity contribution is 5.97. The lowest BCUT2D eigenvalue weighted by Gasteiger charge is -2.21. The molecule has 0 saturated carbocycles. The predicted molar refractivity (Wildman–Crippen MR) is 359 cm³/mol. The van der Waals surface area contributed by atoms with E-state index in [2.05, 4.69) is 76.8 Å². The average molecular weight is 1420 g/mol. The third kappa shape index (κ3) is 15.7. The van der Waals surface area contributed by atoms with E-state index in [-0.39, 0.29) is 42.8 Å². The van der Waals surface area contributed by atoms with Crippen molar-refractivity contribution in [2.45, 2.75) is 145 Å². The number of carboxylic acid groups (broad SMARTS) is 3. The molecule has 6 fully saturated rings. The van der Waals surface area contributed by atoms with E-state index < -0.39 is 122 Å². The number of benzene rings is 3. The van der Waals surface area contributed by atoms with Crippen molar-refractivity contribution in [2.24, 2.45) is 0 Å².